The van der Waals surface area contributed by atoms with E-state index in [1.165, 1.54) is 0 Å². The Labute approximate surface area is 133 Å². The molecule has 2 aromatic carbocycles. The molecular weight excluding hydrogens is 373 g/mol. The van der Waals surface area contributed by atoms with Crippen molar-refractivity contribution in [3.8, 4) is 12.1 Å². The van der Waals surface area contributed by atoms with Crippen molar-refractivity contribution in [3.05, 3.63) is 59.7 Å². The predicted molar refractivity (Wildman–Crippen MR) is 61.6 cm³/mol. The maximum absolute atomic E-state index is 9.02. The smallest absolute Gasteiger partial charge is 1.00 e. The second-order valence-corrected chi connectivity index (χ2v) is 5.26. The molecule has 0 fully saturated rings. The third kappa shape index (κ3) is 4.36. The maximum atomic E-state index is 9.02. The first-order valence-electron chi connectivity index (χ1n) is 4.92. The molecule has 0 aliphatic heterocycles. The van der Waals surface area contributed by atoms with E-state index in [1.54, 1.807) is 0 Å². The van der Waals surface area contributed by atoms with E-state index >= 15 is 0 Å². The van der Waals surface area contributed by atoms with Crippen LogP contribution in [-0.2, 0) is 18.0 Å². The topological polar surface area (TPSA) is 47.6 Å². The van der Waals surface area contributed by atoms with E-state index in [-0.39, 0.29) is 42.8 Å². The summed E-state index contributed by atoms with van der Waals surface area (Å²) < 4.78 is 2.01. The molecule has 0 amide bonds. The van der Waals surface area contributed by atoms with Crippen LogP contribution in [0.1, 0.15) is 11.1 Å². The van der Waals surface area contributed by atoms with Crippen LogP contribution in [0.15, 0.2) is 48.5 Å². The molecule has 0 N–H and O–H groups in total. The second kappa shape index (κ2) is 8.71. The van der Waals surface area contributed by atoms with Gasteiger partial charge in [0.25, 0.3) is 0 Å². The van der Waals surface area contributed by atoms with Gasteiger partial charge in [0, 0.05) is 0 Å². The largest absolute Gasteiger partial charge is 1.00 e. The van der Waals surface area contributed by atoms with Crippen molar-refractivity contribution in [2.24, 2.45) is 0 Å². The molecule has 0 aromatic heterocycles. The standard InChI is InChI=1S/2C7H4N.2ClH.Pd/c2*8-6-7-4-2-1-3-5-7;;;/h2*1-4H;2*1H;/q;;;;+2/p-2. The van der Waals surface area contributed by atoms with Gasteiger partial charge in [0.2, 0.25) is 0 Å². The number of hydrogen-bond acceptors (Lipinski definition) is 2. The van der Waals surface area contributed by atoms with E-state index in [2.05, 4.69) is 12.1 Å². The van der Waals surface area contributed by atoms with Crippen LogP contribution in [-0.4, -0.2) is 0 Å². The van der Waals surface area contributed by atoms with Crippen LogP contribution in [0.3, 0.4) is 0 Å². The summed E-state index contributed by atoms with van der Waals surface area (Å²) in [5.41, 5.74) is 1.38. The number of halogens is 2. The van der Waals surface area contributed by atoms with Crippen molar-refractivity contribution in [1.82, 2.24) is 0 Å². The molecule has 0 atom stereocenters. The third-order valence-corrected chi connectivity index (χ3v) is 4.30. The van der Waals surface area contributed by atoms with E-state index < -0.39 is 0 Å². The summed E-state index contributed by atoms with van der Waals surface area (Å²) in [7, 11) is 0. The average molecular weight is 382 g/mol. The number of rotatable bonds is 2. The molecule has 2 rings (SSSR count). The fourth-order valence-corrected chi connectivity index (χ4v) is 3.17. The molecule has 0 unspecified atom stereocenters. The molecule has 2 nitrogen and oxygen atoms in total. The summed E-state index contributed by atoms with van der Waals surface area (Å²) >= 11 is 0.123. The van der Waals surface area contributed by atoms with Gasteiger partial charge in [-0.3, -0.25) is 0 Å². The molecule has 5 heteroatoms. The van der Waals surface area contributed by atoms with Crippen molar-refractivity contribution in [1.29, 1.82) is 10.5 Å². The van der Waals surface area contributed by atoms with Crippen LogP contribution < -0.4 is 32.9 Å². The van der Waals surface area contributed by atoms with Gasteiger partial charge in [-0.15, -0.1) is 0 Å². The first-order chi connectivity index (χ1) is 8.35. The van der Waals surface area contributed by atoms with Gasteiger partial charge in [-0.25, -0.2) is 0 Å². The molecule has 98 valence electrons. The van der Waals surface area contributed by atoms with Gasteiger partial charge >= 0.3 is 108 Å². The molecule has 0 bridgehead atoms. The van der Waals surface area contributed by atoms with Crippen LogP contribution in [0.4, 0.5) is 0 Å². The normalized spacial score (nSPS) is 8.53. The van der Waals surface area contributed by atoms with E-state index in [0.29, 0.717) is 11.1 Å². The van der Waals surface area contributed by atoms with Crippen LogP contribution >= 0.6 is 0 Å². The van der Waals surface area contributed by atoms with E-state index in [1.807, 2.05) is 48.5 Å². The van der Waals surface area contributed by atoms with Crippen LogP contribution in [0.25, 0.3) is 0 Å². The monoisotopic (exact) mass is 380 g/mol. The molecule has 0 saturated heterocycles. The number of nitrogens with zero attached hydrogens (tertiary/aromatic N) is 2. The Balaban J connectivity index is 0.00000162. The first-order valence-corrected chi connectivity index (χ1v) is 6.47. The molecule has 0 spiro atoms. The summed E-state index contributed by atoms with van der Waals surface area (Å²) in [5, 5.41) is 18.0. The van der Waals surface area contributed by atoms with Crippen LogP contribution in [0, 0.1) is 22.7 Å². The zero-order valence-corrected chi connectivity index (χ0v) is 12.7. The Kier molecular flexibility index (Phi) is 8.10. The quantitative estimate of drug-likeness (QED) is 0.492. The molecule has 2 aromatic rings. The van der Waals surface area contributed by atoms with Crippen LogP contribution in [0.5, 0.6) is 0 Å². The van der Waals surface area contributed by atoms with Crippen molar-refractivity contribution in [3.63, 3.8) is 0 Å². The summed E-state index contributed by atoms with van der Waals surface area (Å²) in [6.07, 6.45) is 0. The van der Waals surface area contributed by atoms with Gasteiger partial charge in [0.1, 0.15) is 0 Å². The minimum Gasteiger partial charge on any atom is -1.00 e. The average Bonchev–Trinajstić information content (AvgIpc) is 2.40. The Morgan fingerprint density at radius 1 is 0.684 bits per heavy atom. The van der Waals surface area contributed by atoms with Gasteiger partial charge in [-0.05, 0) is 0 Å². The van der Waals surface area contributed by atoms with Gasteiger partial charge in [0.05, 0.1) is 0 Å². The van der Waals surface area contributed by atoms with Gasteiger partial charge in [-0.1, -0.05) is 0 Å². The summed E-state index contributed by atoms with van der Waals surface area (Å²) in [4.78, 5) is 0. The zero-order valence-electron chi connectivity index (χ0n) is 9.59. The summed E-state index contributed by atoms with van der Waals surface area (Å²) in [5.74, 6) is 0. The molecule has 0 saturated carbocycles. The SMILES string of the molecule is N#Cc1cccc[c]1[Pd+2][c]1ccccc1C#N.[Cl-].[Cl-]. The molecule has 0 aliphatic carbocycles. The summed E-state index contributed by atoms with van der Waals surface area (Å²) in [6, 6.07) is 19.4. The van der Waals surface area contributed by atoms with Crippen molar-refractivity contribution in [2.45, 2.75) is 0 Å². The Bertz CT molecular complexity index is 574. The number of nitriles is 2. The van der Waals surface area contributed by atoms with Gasteiger partial charge in [-0.2, -0.15) is 0 Å². The third-order valence-electron chi connectivity index (χ3n) is 2.11. The van der Waals surface area contributed by atoms with Crippen LogP contribution in [0.2, 0.25) is 0 Å². The minimum atomic E-state index is 0. The second-order valence-electron chi connectivity index (χ2n) is 3.20. The maximum Gasteiger partial charge on any atom is -1.00 e. The molecule has 19 heavy (non-hydrogen) atoms. The van der Waals surface area contributed by atoms with E-state index in [0.717, 1.165) is 8.07 Å². The number of benzene rings is 2. The molecular formula is C14H8Cl2N2Pd. The first kappa shape index (κ1) is 17.7. The Hall–Kier alpha value is -1.34. The van der Waals surface area contributed by atoms with Crippen molar-refractivity contribution in [2.75, 3.05) is 0 Å². The van der Waals surface area contributed by atoms with Crippen molar-refractivity contribution < 1.29 is 42.8 Å². The predicted octanol–water partition coefficient (Wildman–Crippen LogP) is -4.53. The zero-order chi connectivity index (χ0) is 12.1. The Morgan fingerprint density at radius 3 is 1.42 bits per heavy atom. The molecule has 0 heterocycles. The van der Waals surface area contributed by atoms with E-state index in [9.17, 15) is 0 Å². The Morgan fingerprint density at radius 2 is 1.05 bits per heavy atom. The van der Waals surface area contributed by atoms with Gasteiger partial charge in [0.15, 0.2) is 0 Å². The molecule has 0 aliphatic rings. The van der Waals surface area contributed by atoms with Gasteiger partial charge < -0.3 is 24.8 Å². The molecule has 0 radical (unpaired) electrons. The van der Waals surface area contributed by atoms with Crippen molar-refractivity contribution >= 4 is 8.07 Å². The van der Waals surface area contributed by atoms with E-state index in [4.69, 9.17) is 10.5 Å². The summed E-state index contributed by atoms with van der Waals surface area (Å²) in [6.45, 7) is 0. The minimum absolute atomic E-state index is 0. The fourth-order valence-electron chi connectivity index (χ4n) is 1.30. The fraction of sp³-hybridized carbons (Fsp3) is 0. The number of hydrogen-bond donors (Lipinski definition) is 0.